The molecule has 31 heavy (non-hydrogen) atoms. The van der Waals surface area contributed by atoms with Crippen molar-refractivity contribution in [2.24, 2.45) is 0 Å². The molecule has 1 aliphatic rings. The Hall–Kier alpha value is -3.04. The molecule has 0 radical (unpaired) electrons. The number of carbonyl (C=O) groups is 1. The second kappa shape index (κ2) is 8.24. The number of anilines is 1. The molecule has 0 amide bonds. The van der Waals surface area contributed by atoms with Gasteiger partial charge in [0.2, 0.25) is 0 Å². The molecular weight excluding hydrogens is 414 g/mol. The molecule has 5 rings (SSSR count). The molecule has 0 saturated heterocycles. The van der Waals surface area contributed by atoms with E-state index in [2.05, 4.69) is 32.4 Å². The first-order valence-electron chi connectivity index (χ1n) is 10.3. The van der Waals surface area contributed by atoms with Crippen molar-refractivity contribution < 1.29 is 14.6 Å². The van der Waals surface area contributed by atoms with Crippen LogP contribution >= 0.6 is 11.3 Å². The van der Waals surface area contributed by atoms with Crippen LogP contribution in [0.25, 0.3) is 21.4 Å². The van der Waals surface area contributed by atoms with Gasteiger partial charge < -0.3 is 19.7 Å². The lowest BCUT2D eigenvalue weighted by atomic mass is 9.93. The molecule has 2 atom stereocenters. The van der Waals surface area contributed by atoms with Crippen LogP contribution < -0.4 is 5.32 Å². The maximum absolute atomic E-state index is 11.7. The van der Waals surface area contributed by atoms with Gasteiger partial charge in [-0.1, -0.05) is 30.2 Å². The van der Waals surface area contributed by atoms with Crippen LogP contribution in [0, 0.1) is 0 Å². The Morgan fingerprint density at radius 3 is 2.97 bits per heavy atom. The first-order valence-corrected chi connectivity index (χ1v) is 11.2. The minimum absolute atomic E-state index is 0.0760. The predicted octanol–water partition coefficient (Wildman–Crippen LogP) is 3.59. The van der Waals surface area contributed by atoms with Gasteiger partial charge in [0.15, 0.2) is 10.8 Å². The number of aliphatic hydroxyl groups excluding tert-OH is 1. The summed E-state index contributed by atoms with van der Waals surface area (Å²) in [4.78, 5) is 25.2. The summed E-state index contributed by atoms with van der Waals surface area (Å²) in [7, 11) is 1.35. The molecule has 160 valence electrons. The number of carbonyl (C=O) groups excluding carboxylic acids is 1. The Morgan fingerprint density at radius 1 is 1.26 bits per heavy atom. The monoisotopic (exact) mass is 437 g/mol. The third-order valence-electron chi connectivity index (χ3n) is 5.72. The van der Waals surface area contributed by atoms with Crippen molar-refractivity contribution in [1.29, 1.82) is 0 Å². The van der Waals surface area contributed by atoms with E-state index in [4.69, 9.17) is 4.74 Å². The molecule has 0 aliphatic heterocycles. The van der Waals surface area contributed by atoms with Gasteiger partial charge >= 0.3 is 5.97 Å². The van der Waals surface area contributed by atoms with Gasteiger partial charge in [0.1, 0.15) is 5.52 Å². The van der Waals surface area contributed by atoms with Crippen molar-refractivity contribution in [2.75, 3.05) is 12.4 Å². The van der Waals surface area contributed by atoms with Crippen molar-refractivity contribution in [3.05, 3.63) is 47.9 Å². The standard InChI is InChI=1S/C22H23N5O3S/c1-30-21(29)14-9-17-20(23-10-14)27(12-24-17)11-13-6-7-16-19(8-13)31-22(26-16)25-15-4-2-3-5-18(15)28/h6-10,12,15,18,28H,2-5,11H2,1H3,(H,25,26)/t15-,18-/m1/s1. The molecule has 9 heteroatoms. The van der Waals surface area contributed by atoms with Crippen molar-refractivity contribution >= 4 is 43.8 Å². The minimum atomic E-state index is -0.426. The molecule has 2 N–H and O–H groups in total. The highest BCUT2D eigenvalue weighted by Gasteiger charge is 2.23. The zero-order valence-electron chi connectivity index (χ0n) is 17.1. The highest BCUT2D eigenvalue weighted by Crippen LogP contribution is 2.30. The van der Waals surface area contributed by atoms with E-state index in [-0.39, 0.29) is 12.1 Å². The smallest absolute Gasteiger partial charge is 0.339 e. The highest BCUT2D eigenvalue weighted by atomic mass is 32.1. The molecule has 4 aromatic rings. The zero-order valence-corrected chi connectivity index (χ0v) is 17.9. The number of ether oxygens (including phenoxy) is 1. The SMILES string of the molecule is COC(=O)c1cnc2c(c1)ncn2Cc1ccc2nc(N[C@@H]3CCCC[C@H]3O)sc2c1. The molecule has 3 aromatic heterocycles. The van der Waals surface area contributed by atoms with E-state index in [1.807, 2.05) is 10.6 Å². The predicted molar refractivity (Wildman–Crippen MR) is 119 cm³/mol. The van der Waals surface area contributed by atoms with Crippen LogP contribution in [0.2, 0.25) is 0 Å². The number of rotatable bonds is 5. The van der Waals surface area contributed by atoms with E-state index in [0.717, 1.165) is 46.6 Å². The van der Waals surface area contributed by atoms with Crippen molar-refractivity contribution in [3.8, 4) is 0 Å². The maximum Gasteiger partial charge on any atom is 0.339 e. The molecule has 1 aromatic carbocycles. The summed E-state index contributed by atoms with van der Waals surface area (Å²) >= 11 is 1.61. The number of esters is 1. The normalized spacial score (nSPS) is 19.0. The Bertz CT molecular complexity index is 1250. The number of aliphatic hydroxyl groups is 1. The lowest BCUT2D eigenvalue weighted by Gasteiger charge is -2.27. The van der Waals surface area contributed by atoms with Gasteiger partial charge in [-0.05, 0) is 36.6 Å². The lowest BCUT2D eigenvalue weighted by Crippen LogP contribution is -2.36. The zero-order chi connectivity index (χ0) is 21.4. The molecule has 3 heterocycles. The Morgan fingerprint density at radius 2 is 2.13 bits per heavy atom. The van der Waals surface area contributed by atoms with Crippen molar-refractivity contribution in [2.45, 2.75) is 44.4 Å². The summed E-state index contributed by atoms with van der Waals surface area (Å²) in [6, 6.07) is 7.97. The van der Waals surface area contributed by atoms with E-state index < -0.39 is 5.97 Å². The topological polar surface area (TPSA) is 102 Å². The molecule has 8 nitrogen and oxygen atoms in total. The van der Waals surface area contributed by atoms with Crippen LogP contribution in [0.5, 0.6) is 0 Å². The second-order valence-corrected chi connectivity index (χ2v) is 8.89. The average molecular weight is 438 g/mol. The molecule has 1 aliphatic carbocycles. The molecule has 1 fully saturated rings. The van der Waals surface area contributed by atoms with E-state index in [1.165, 1.54) is 13.3 Å². The summed E-state index contributed by atoms with van der Waals surface area (Å²) in [6.07, 6.45) is 6.98. The van der Waals surface area contributed by atoms with Gasteiger partial charge in [-0.15, -0.1) is 0 Å². The summed E-state index contributed by atoms with van der Waals surface area (Å²) in [5.41, 5.74) is 3.80. The number of aromatic nitrogens is 4. The lowest BCUT2D eigenvalue weighted by molar-refractivity contribution is 0.0600. The van der Waals surface area contributed by atoms with Crippen molar-refractivity contribution in [3.63, 3.8) is 0 Å². The Labute approximate surface area is 182 Å². The van der Waals surface area contributed by atoms with Crippen LogP contribution in [-0.4, -0.2) is 49.9 Å². The van der Waals surface area contributed by atoms with Gasteiger partial charge in [-0.2, -0.15) is 0 Å². The van der Waals surface area contributed by atoms with Gasteiger partial charge in [0.05, 0.1) is 47.9 Å². The van der Waals surface area contributed by atoms with E-state index in [9.17, 15) is 9.90 Å². The van der Waals surface area contributed by atoms with E-state index in [0.29, 0.717) is 23.3 Å². The summed E-state index contributed by atoms with van der Waals surface area (Å²) in [6.45, 7) is 0.610. The summed E-state index contributed by atoms with van der Waals surface area (Å²) in [5.74, 6) is -0.426. The maximum atomic E-state index is 11.7. The quantitative estimate of drug-likeness (QED) is 0.460. The summed E-state index contributed by atoms with van der Waals surface area (Å²) < 4.78 is 7.79. The Kier molecular flexibility index (Phi) is 5.29. The second-order valence-electron chi connectivity index (χ2n) is 7.85. The molecule has 0 spiro atoms. The molecule has 1 saturated carbocycles. The summed E-state index contributed by atoms with van der Waals surface area (Å²) in [5, 5.41) is 14.5. The van der Waals surface area contributed by atoms with Crippen LogP contribution in [0.15, 0.2) is 36.8 Å². The van der Waals surface area contributed by atoms with E-state index in [1.54, 1.807) is 23.7 Å². The van der Waals surface area contributed by atoms with Gasteiger partial charge in [-0.3, -0.25) is 0 Å². The number of hydrogen-bond donors (Lipinski definition) is 2. The number of nitrogens with zero attached hydrogens (tertiary/aromatic N) is 4. The van der Waals surface area contributed by atoms with E-state index >= 15 is 0 Å². The highest BCUT2D eigenvalue weighted by molar-refractivity contribution is 7.22. The average Bonchev–Trinajstić information content (AvgIpc) is 3.37. The number of fused-ring (bicyclic) bond motifs is 2. The van der Waals surface area contributed by atoms with Crippen LogP contribution in [-0.2, 0) is 11.3 Å². The fraction of sp³-hybridized carbons (Fsp3) is 0.364. The number of benzene rings is 1. The largest absolute Gasteiger partial charge is 0.465 e. The first-order chi connectivity index (χ1) is 15.1. The number of methoxy groups -OCH3 is 1. The number of thiazole rings is 1. The number of imidazole rings is 1. The van der Waals surface area contributed by atoms with Gasteiger partial charge in [-0.25, -0.2) is 19.7 Å². The third kappa shape index (κ3) is 3.98. The number of nitrogens with one attached hydrogen (secondary N) is 1. The van der Waals surface area contributed by atoms with Gasteiger partial charge in [0.25, 0.3) is 0 Å². The Balaban J connectivity index is 1.36. The van der Waals surface area contributed by atoms with Gasteiger partial charge in [0, 0.05) is 6.20 Å². The molecular formula is C22H23N5O3S. The fourth-order valence-corrected chi connectivity index (χ4v) is 5.05. The third-order valence-corrected chi connectivity index (χ3v) is 6.67. The number of hydrogen-bond acceptors (Lipinski definition) is 8. The van der Waals surface area contributed by atoms with Crippen molar-refractivity contribution in [1.82, 2.24) is 19.5 Å². The van der Waals surface area contributed by atoms with Crippen LogP contribution in [0.3, 0.4) is 0 Å². The molecule has 0 bridgehead atoms. The first kappa shape index (κ1) is 19.9. The minimum Gasteiger partial charge on any atom is -0.465 e. The van der Waals surface area contributed by atoms with Crippen LogP contribution in [0.1, 0.15) is 41.6 Å². The van der Waals surface area contributed by atoms with Crippen LogP contribution in [0.4, 0.5) is 5.13 Å². The molecule has 0 unspecified atom stereocenters. The fourth-order valence-electron chi connectivity index (χ4n) is 4.06. The number of pyridine rings is 1.